The van der Waals surface area contributed by atoms with Gasteiger partial charge in [0.05, 0.1) is 6.61 Å². The van der Waals surface area contributed by atoms with Crippen molar-refractivity contribution in [3.63, 3.8) is 0 Å². The van der Waals surface area contributed by atoms with Crippen LogP contribution in [-0.4, -0.2) is 43.8 Å². The van der Waals surface area contributed by atoms with E-state index in [2.05, 4.69) is 25.9 Å². The molecule has 1 aliphatic rings. The van der Waals surface area contributed by atoms with Crippen LogP contribution >= 0.6 is 0 Å². The Bertz CT molecular complexity index is 176. The van der Waals surface area contributed by atoms with Crippen LogP contribution in [0.3, 0.4) is 0 Å². The van der Waals surface area contributed by atoms with Gasteiger partial charge in [-0.05, 0) is 33.4 Å². The molecule has 0 aliphatic heterocycles. The van der Waals surface area contributed by atoms with Crippen LogP contribution in [-0.2, 0) is 4.74 Å². The molecule has 0 aromatic carbocycles. The molecule has 1 atom stereocenters. The highest BCUT2D eigenvalue weighted by atomic mass is 16.5. The molecule has 0 spiro atoms. The molecule has 0 amide bonds. The van der Waals surface area contributed by atoms with Crippen molar-refractivity contribution in [1.29, 1.82) is 0 Å². The first kappa shape index (κ1) is 12.9. The zero-order valence-corrected chi connectivity index (χ0v) is 10.5. The molecule has 3 nitrogen and oxygen atoms in total. The van der Waals surface area contributed by atoms with E-state index in [0.717, 1.165) is 13.0 Å². The molecular formula is C12H26N2O. The number of nitrogens with two attached hydrogens (primary N) is 1. The highest BCUT2D eigenvalue weighted by molar-refractivity contribution is 5.00. The van der Waals surface area contributed by atoms with Crippen molar-refractivity contribution in [2.45, 2.75) is 50.6 Å². The Hall–Kier alpha value is -0.120. The molecule has 1 rings (SSSR count). The minimum absolute atomic E-state index is 0.154. The summed E-state index contributed by atoms with van der Waals surface area (Å²) in [5, 5.41) is 0. The lowest BCUT2D eigenvalue weighted by Crippen LogP contribution is -2.57. The van der Waals surface area contributed by atoms with E-state index in [4.69, 9.17) is 10.5 Å². The van der Waals surface area contributed by atoms with Crippen molar-refractivity contribution >= 4 is 0 Å². The summed E-state index contributed by atoms with van der Waals surface area (Å²) in [7, 11) is 4.29. The average molecular weight is 214 g/mol. The van der Waals surface area contributed by atoms with Crippen LogP contribution in [0.4, 0.5) is 0 Å². The largest absolute Gasteiger partial charge is 0.380 e. The second kappa shape index (κ2) is 5.83. The van der Waals surface area contributed by atoms with Crippen molar-refractivity contribution < 1.29 is 4.74 Å². The third-order valence-corrected chi connectivity index (χ3v) is 3.70. The van der Waals surface area contributed by atoms with Crippen LogP contribution in [0, 0.1) is 0 Å². The van der Waals surface area contributed by atoms with Crippen LogP contribution in [0.1, 0.15) is 39.0 Å². The Labute approximate surface area is 94.0 Å². The maximum absolute atomic E-state index is 6.29. The first-order chi connectivity index (χ1) is 7.13. The summed E-state index contributed by atoms with van der Waals surface area (Å²) in [5.74, 6) is 0. The minimum Gasteiger partial charge on any atom is -0.380 e. The molecule has 15 heavy (non-hydrogen) atoms. The van der Waals surface area contributed by atoms with Gasteiger partial charge in [0.2, 0.25) is 0 Å². The maximum atomic E-state index is 6.29. The molecular weight excluding hydrogens is 188 g/mol. The normalized spacial score (nSPS) is 22.2. The summed E-state index contributed by atoms with van der Waals surface area (Å²) in [6.45, 7) is 3.66. The van der Waals surface area contributed by atoms with Gasteiger partial charge in [0.15, 0.2) is 0 Å². The molecule has 0 heterocycles. The topological polar surface area (TPSA) is 38.5 Å². The van der Waals surface area contributed by atoms with Gasteiger partial charge in [0, 0.05) is 18.2 Å². The van der Waals surface area contributed by atoms with Gasteiger partial charge < -0.3 is 15.4 Å². The van der Waals surface area contributed by atoms with E-state index in [1.807, 2.05) is 0 Å². The van der Waals surface area contributed by atoms with Gasteiger partial charge in [-0.1, -0.05) is 19.8 Å². The van der Waals surface area contributed by atoms with Gasteiger partial charge >= 0.3 is 0 Å². The summed E-state index contributed by atoms with van der Waals surface area (Å²) in [6, 6.07) is 0.154. The van der Waals surface area contributed by atoms with Crippen molar-refractivity contribution in [2.75, 3.05) is 27.3 Å². The lowest BCUT2D eigenvalue weighted by atomic mass is 9.88. The first-order valence-electron chi connectivity index (χ1n) is 6.14. The van der Waals surface area contributed by atoms with Crippen LogP contribution < -0.4 is 5.73 Å². The molecule has 0 aromatic heterocycles. The summed E-state index contributed by atoms with van der Waals surface area (Å²) >= 11 is 0. The molecule has 1 saturated carbocycles. The van der Waals surface area contributed by atoms with Crippen LogP contribution in [0.25, 0.3) is 0 Å². The number of ether oxygens (including phenoxy) is 1. The lowest BCUT2D eigenvalue weighted by Gasteiger charge is -2.41. The minimum atomic E-state index is 0.154. The van der Waals surface area contributed by atoms with E-state index in [1.165, 1.54) is 25.7 Å². The standard InChI is InChI=1S/C12H26N2O/c1-4-9-15-10-11(13)12(14(2)3)7-5-6-8-12/h11H,4-10,13H2,1-3H3. The van der Waals surface area contributed by atoms with Gasteiger partial charge in [0.1, 0.15) is 0 Å². The fourth-order valence-corrected chi connectivity index (χ4v) is 2.65. The third-order valence-electron chi connectivity index (χ3n) is 3.70. The van der Waals surface area contributed by atoms with Crippen molar-refractivity contribution in [3.05, 3.63) is 0 Å². The van der Waals surface area contributed by atoms with E-state index in [-0.39, 0.29) is 11.6 Å². The zero-order valence-electron chi connectivity index (χ0n) is 10.5. The average Bonchev–Trinajstić information content (AvgIpc) is 2.67. The molecule has 1 unspecified atom stereocenters. The molecule has 3 heteroatoms. The zero-order chi connectivity index (χ0) is 11.3. The highest BCUT2D eigenvalue weighted by Gasteiger charge is 2.41. The SMILES string of the molecule is CCCOCC(N)C1(N(C)C)CCCC1. The Morgan fingerprint density at radius 2 is 1.93 bits per heavy atom. The van der Waals surface area contributed by atoms with E-state index in [0.29, 0.717) is 6.61 Å². The van der Waals surface area contributed by atoms with Crippen molar-refractivity contribution in [3.8, 4) is 0 Å². The molecule has 1 aliphatic carbocycles. The fourth-order valence-electron chi connectivity index (χ4n) is 2.65. The molecule has 0 aromatic rings. The fraction of sp³-hybridized carbons (Fsp3) is 1.00. The van der Waals surface area contributed by atoms with Crippen LogP contribution in [0.15, 0.2) is 0 Å². The van der Waals surface area contributed by atoms with Gasteiger partial charge in [-0.2, -0.15) is 0 Å². The first-order valence-corrected chi connectivity index (χ1v) is 6.14. The second-order valence-corrected chi connectivity index (χ2v) is 4.89. The van der Waals surface area contributed by atoms with Gasteiger partial charge in [0.25, 0.3) is 0 Å². The molecule has 0 radical (unpaired) electrons. The predicted octanol–water partition coefficient (Wildman–Crippen LogP) is 1.61. The molecule has 1 fully saturated rings. The van der Waals surface area contributed by atoms with Gasteiger partial charge in [-0.25, -0.2) is 0 Å². The smallest absolute Gasteiger partial charge is 0.0635 e. The Morgan fingerprint density at radius 1 is 1.33 bits per heavy atom. The van der Waals surface area contributed by atoms with E-state index < -0.39 is 0 Å². The van der Waals surface area contributed by atoms with E-state index in [9.17, 15) is 0 Å². The number of likely N-dealkylation sites (N-methyl/N-ethyl adjacent to an activating group) is 1. The maximum Gasteiger partial charge on any atom is 0.0635 e. The van der Waals surface area contributed by atoms with Crippen molar-refractivity contribution in [2.24, 2.45) is 5.73 Å². The molecule has 90 valence electrons. The third kappa shape index (κ3) is 2.92. The van der Waals surface area contributed by atoms with Crippen molar-refractivity contribution in [1.82, 2.24) is 4.90 Å². The van der Waals surface area contributed by atoms with Gasteiger partial charge in [-0.3, -0.25) is 0 Å². The second-order valence-electron chi connectivity index (χ2n) is 4.89. The van der Waals surface area contributed by atoms with E-state index >= 15 is 0 Å². The number of nitrogens with zero attached hydrogens (tertiary/aromatic N) is 1. The van der Waals surface area contributed by atoms with E-state index in [1.54, 1.807) is 0 Å². The quantitative estimate of drug-likeness (QED) is 0.683. The van der Waals surface area contributed by atoms with Crippen LogP contribution in [0.2, 0.25) is 0 Å². The number of rotatable bonds is 6. The summed E-state index contributed by atoms with van der Waals surface area (Å²) in [4.78, 5) is 2.31. The molecule has 0 bridgehead atoms. The number of hydrogen-bond acceptors (Lipinski definition) is 3. The Morgan fingerprint density at radius 3 is 2.40 bits per heavy atom. The monoisotopic (exact) mass is 214 g/mol. The molecule has 0 saturated heterocycles. The summed E-state index contributed by atoms with van der Waals surface area (Å²) in [6.07, 6.45) is 6.12. The summed E-state index contributed by atoms with van der Waals surface area (Å²) in [5.41, 5.74) is 6.48. The van der Waals surface area contributed by atoms with Crippen LogP contribution in [0.5, 0.6) is 0 Å². The Balaban J connectivity index is 2.48. The lowest BCUT2D eigenvalue weighted by molar-refractivity contribution is 0.0483. The molecule has 2 N–H and O–H groups in total. The predicted molar refractivity (Wildman–Crippen MR) is 64.0 cm³/mol. The highest BCUT2D eigenvalue weighted by Crippen LogP contribution is 2.35. The Kier molecular flexibility index (Phi) is 5.03. The van der Waals surface area contributed by atoms with Gasteiger partial charge in [-0.15, -0.1) is 0 Å². The summed E-state index contributed by atoms with van der Waals surface area (Å²) < 4.78 is 5.58. The number of hydrogen-bond donors (Lipinski definition) is 1.